The van der Waals surface area contributed by atoms with Gasteiger partial charge < -0.3 is 4.74 Å². The van der Waals surface area contributed by atoms with Gasteiger partial charge in [-0.05, 0) is 18.4 Å². The normalized spacial score (nSPS) is 13.4. The average molecular weight is 264 g/mol. The Balaban J connectivity index is 2.90. The number of rotatable bonds is 5. The van der Waals surface area contributed by atoms with Crippen LogP contribution in [0.2, 0.25) is 0 Å². The molecule has 1 aromatic rings. The molecule has 1 heterocycles. The molecule has 0 amide bonds. The van der Waals surface area contributed by atoms with E-state index in [4.69, 9.17) is 8.92 Å². The lowest BCUT2D eigenvalue weighted by Gasteiger charge is -2.12. The molecule has 0 saturated heterocycles. The molecule has 1 unspecified atom stereocenters. The van der Waals surface area contributed by atoms with Gasteiger partial charge in [0.05, 0.1) is 12.9 Å². The topological polar surface area (TPSA) is 69.7 Å². The van der Waals surface area contributed by atoms with E-state index in [9.17, 15) is 13.2 Å². The Kier molecular flexibility index (Phi) is 4.45. The Morgan fingerprint density at radius 3 is 2.69 bits per heavy atom. The maximum atomic E-state index is 11.5. The van der Waals surface area contributed by atoms with Crippen molar-refractivity contribution in [2.75, 3.05) is 12.9 Å². The summed E-state index contributed by atoms with van der Waals surface area (Å²) in [6, 6.07) is 3.33. The van der Waals surface area contributed by atoms with Crippen LogP contribution in [0.25, 0.3) is 0 Å². The summed E-state index contributed by atoms with van der Waals surface area (Å²) in [6.45, 7) is 1.82. The molecule has 0 spiro atoms. The number of esters is 1. The quantitative estimate of drug-likeness (QED) is 0.592. The number of hydrogen-bond acceptors (Lipinski definition) is 6. The highest BCUT2D eigenvalue weighted by atomic mass is 32.2. The summed E-state index contributed by atoms with van der Waals surface area (Å²) in [4.78, 5) is 12.0. The van der Waals surface area contributed by atoms with Crippen molar-refractivity contribution in [3.05, 3.63) is 22.4 Å². The van der Waals surface area contributed by atoms with Gasteiger partial charge in [-0.15, -0.1) is 11.3 Å². The van der Waals surface area contributed by atoms with Crippen LogP contribution in [0.5, 0.6) is 0 Å². The van der Waals surface area contributed by atoms with Gasteiger partial charge in [-0.3, -0.25) is 0 Å². The number of thiophene rings is 1. The monoisotopic (exact) mass is 264 g/mol. The molecule has 1 atom stereocenters. The van der Waals surface area contributed by atoms with Gasteiger partial charge in [0, 0.05) is 4.88 Å². The average Bonchev–Trinajstić information content (AvgIpc) is 2.65. The Bertz CT molecular complexity index is 434. The van der Waals surface area contributed by atoms with Crippen LogP contribution in [-0.2, 0) is 23.8 Å². The molecular formula is C9H12O5S2. The number of carbonyl (C=O) groups is 1. The van der Waals surface area contributed by atoms with E-state index >= 15 is 0 Å². The molecule has 0 aliphatic rings. The molecule has 7 heteroatoms. The van der Waals surface area contributed by atoms with Crippen molar-refractivity contribution >= 4 is 27.4 Å². The predicted octanol–water partition coefficient (Wildman–Crippen LogP) is 1.33. The molecule has 0 saturated carbocycles. The standard InChI is InChI=1S/C9H12O5S2/c1-3-13-9(10)8(14-16(2,11)12)7-5-4-6-15-7/h4-6,8H,3H2,1-2H3. The molecule has 0 fully saturated rings. The first-order valence-corrected chi connectivity index (χ1v) is 7.22. The fraction of sp³-hybridized carbons (Fsp3) is 0.444. The van der Waals surface area contributed by atoms with E-state index in [1.54, 1.807) is 24.4 Å². The van der Waals surface area contributed by atoms with Crippen LogP contribution in [-0.4, -0.2) is 27.2 Å². The van der Waals surface area contributed by atoms with Crippen LogP contribution in [0.3, 0.4) is 0 Å². The van der Waals surface area contributed by atoms with Crippen LogP contribution in [0, 0.1) is 0 Å². The van der Waals surface area contributed by atoms with Crippen LogP contribution in [0.15, 0.2) is 17.5 Å². The fourth-order valence-corrected chi connectivity index (χ4v) is 2.37. The Morgan fingerprint density at radius 2 is 2.25 bits per heavy atom. The van der Waals surface area contributed by atoms with E-state index in [0.717, 1.165) is 6.26 Å². The third kappa shape index (κ3) is 3.92. The summed E-state index contributed by atoms with van der Waals surface area (Å²) in [7, 11) is -3.71. The van der Waals surface area contributed by atoms with Gasteiger partial charge in [0.1, 0.15) is 0 Å². The summed E-state index contributed by atoms with van der Waals surface area (Å²) in [5, 5.41) is 1.73. The van der Waals surface area contributed by atoms with Gasteiger partial charge >= 0.3 is 5.97 Å². The zero-order valence-corrected chi connectivity index (χ0v) is 10.5. The minimum absolute atomic E-state index is 0.174. The molecule has 0 aliphatic carbocycles. The number of carbonyl (C=O) groups excluding carboxylic acids is 1. The smallest absolute Gasteiger partial charge is 0.342 e. The van der Waals surface area contributed by atoms with Crippen molar-refractivity contribution in [1.29, 1.82) is 0 Å². The molecule has 0 aromatic carbocycles. The lowest BCUT2D eigenvalue weighted by Crippen LogP contribution is -2.20. The van der Waals surface area contributed by atoms with Gasteiger partial charge in [-0.1, -0.05) is 6.07 Å². The highest BCUT2D eigenvalue weighted by Gasteiger charge is 2.27. The summed E-state index contributed by atoms with van der Waals surface area (Å²) >= 11 is 1.24. The van der Waals surface area contributed by atoms with E-state index in [1.165, 1.54) is 11.3 Å². The largest absolute Gasteiger partial charge is 0.464 e. The van der Waals surface area contributed by atoms with E-state index in [1.807, 2.05) is 0 Å². The Labute approximate surface area is 98.1 Å². The third-order valence-electron chi connectivity index (χ3n) is 1.57. The fourth-order valence-electron chi connectivity index (χ4n) is 1.04. The summed E-state index contributed by atoms with van der Waals surface area (Å²) in [5.74, 6) is -0.699. The first kappa shape index (κ1) is 13.1. The van der Waals surface area contributed by atoms with Gasteiger partial charge in [0.2, 0.25) is 6.10 Å². The molecule has 5 nitrogen and oxygen atoms in total. The van der Waals surface area contributed by atoms with Crippen molar-refractivity contribution in [2.24, 2.45) is 0 Å². The van der Waals surface area contributed by atoms with Gasteiger partial charge in [0.25, 0.3) is 10.1 Å². The number of hydrogen-bond donors (Lipinski definition) is 0. The van der Waals surface area contributed by atoms with Crippen molar-refractivity contribution in [3.8, 4) is 0 Å². The Morgan fingerprint density at radius 1 is 1.56 bits per heavy atom. The SMILES string of the molecule is CCOC(=O)C(OS(C)(=O)=O)c1cccs1. The molecule has 0 N–H and O–H groups in total. The molecule has 1 rings (SSSR count). The van der Waals surface area contributed by atoms with Crippen LogP contribution in [0.4, 0.5) is 0 Å². The molecule has 16 heavy (non-hydrogen) atoms. The highest BCUT2D eigenvalue weighted by Crippen LogP contribution is 2.25. The van der Waals surface area contributed by atoms with Gasteiger partial charge in [-0.2, -0.15) is 8.42 Å². The van der Waals surface area contributed by atoms with Crippen molar-refractivity contribution in [1.82, 2.24) is 0 Å². The van der Waals surface area contributed by atoms with Crippen molar-refractivity contribution < 1.29 is 22.1 Å². The van der Waals surface area contributed by atoms with Crippen LogP contribution in [0.1, 0.15) is 17.9 Å². The Hall–Kier alpha value is -0.920. The molecule has 0 bridgehead atoms. The van der Waals surface area contributed by atoms with Crippen molar-refractivity contribution in [2.45, 2.75) is 13.0 Å². The zero-order chi connectivity index (χ0) is 12.2. The van der Waals surface area contributed by atoms with Crippen LogP contribution < -0.4 is 0 Å². The predicted molar refractivity (Wildman–Crippen MR) is 59.6 cm³/mol. The minimum Gasteiger partial charge on any atom is -0.464 e. The van der Waals surface area contributed by atoms with E-state index in [0.29, 0.717) is 4.88 Å². The summed E-state index contributed by atoms with van der Waals surface area (Å²) in [5.41, 5.74) is 0. The van der Waals surface area contributed by atoms with E-state index in [-0.39, 0.29) is 6.61 Å². The first-order chi connectivity index (χ1) is 7.44. The molecule has 90 valence electrons. The minimum atomic E-state index is -3.71. The maximum Gasteiger partial charge on any atom is 0.342 e. The lowest BCUT2D eigenvalue weighted by atomic mass is 10.3. The summed E-state index contributed by atoms with van der Waals surface area (Å²) < 4.78 is 31.5. The first-order valence-electron chi connectivity index (χ1n) is 4.52. The molecule has 1 aromatic heterocycles. The van der Waals surface area contributed by atoms with Gasteiger partial charge in [0.15, 0.2) is 0 Å². The zero-order valence-electron chi connectivity index (χ0n) is 8.87. The highest BCUT2D eigenvalue weighted by molar-refractivity contribution is 7.86. The maximum absolute atomic E-state index is 11.5. The lowest BCUT2D eigenvalue weighted by molar-refractivity contribution is -0.151. The van der Waals surface area contributed by atoms with Gasteiger partial charge in [-0.25, -0.2) is 8.98 Å². The summed E-state index contributed by atoms with van der Waals surface area (Å²) in [6.07, 6.45) is -0.303. The van der Waals surface area contributed by atoms with Crippen LogP contribution >= 0.6 is 11.3 Å². The second-order valence-corrected chi connectivity index (χ2v) is 5.53. The molecule has 0 aliphatic heterocycles. The molecular weight excluding hydrogens is 252 g/mol. The van der Waals surface area contributed by atoms with E-state index in [2.05, 4.69) is 0 Å². The third-order valence-corrected chi connectivity index (χ3v) is 3.03. The van der Waals surface area contributed by atoms with Crippen molar-refractivity contribution in [3.63, 3.8) is 0 Å². The van der Waals surface area contributed by atoms with E-state index < -0.39 is 22.2 Å². The second-order valence-electron chi connectivity index (χ2n) is 2.95. The molecule has 0 radical (unpaired) electrons. The number of ether oxygens (including phenoxy) is 1. The second kappa shape index (κ2) is 5.42.